The Hall–Kier alpha value is -3.93. The lowest BCUT2D eigenvalue weighted by molar-refractivity contribution is -0.157. The summed E-state index contributed by atoms with van der Waals surface area (Å²) in [4.78, 5) is 79.7. The maximum Gasteiger partial charge on any atom is 0.246 e. The number of H-pyrrole nitrogens is 1. The number of amides is 5. The van der Waals surface area contributed by atoms with Crippen LogP contribution in [0.15, 0.2) is 30.5 Å². The van der Waals surface area contributed by atoms with Gasteiger partial charge in [0, 0.05) is 51.8 Å². The highest BCUT2D eigenvalue weighted by Gasteiger charge is 2.43. The van der Waals surface area contributed by atoms with Crippen molar-refractivity contribution in [1.82, 2.24) is 35.2 Å². The lowest BCUT2D eigenvalue weighted by Crippen LogP contribution is -2.62. The molecule has 3 N–H and O–H groups in total. The Morgan fingerprint density at radius 1 is 0.630 bits per heavy atom. The molecule has 0 aliphatic rings. The van der Waals surface area contributed by atoms with Crippen molar-refractivity contribution in [2.75, 3.05) is 41.8 Å². The molecule has 0 saturated heterocycles. The molecule has 0 radical (unpaired) electrons. The van der Waals surface area contributed by atoms with Gasteiger partial charge in [-0.3, -0.25) is 24.0 Å². The van der Waals surface area contributed by atoms with Crippen molar-refractivity contribution in [3.8, 4) is 0 Å². The summed E-state index contributed by atoms with van der Waals surface area (Å²) in [5.74, 6) is -1.90. The fraction of sp³-hybridized carbons (Fsp3) is 0.690. The zero-order valence-corrected chi connectivity index (χ0v) is 35.8. The quantitative estimate of drug-likeness (QED) is 0.178. The number of likely N-dealkylation sites (N-methyl/N-ethyl adjacent to an activating group) is 5. The molecule has 12 nitrogen and oxygen atoms in total. The zero-order valence-electron chi connectivity index (χ0n) is 35.8. The molecule has 5 amide bonds. The average Bonchev–Trinajstić information content (AvgIpc) is 3.50. The third kappa shape index (κ3) is 11.5. The van der Waals surface area contributed by atoms with E-state index in [1.165, 1.54) is 19.6 Å². The van der Waals surface area contributed by atoms with E-state index in [1.807, 2.05) is 85.9 Å². The molecule has 0 aliphatic carbocycles. The normalized spacial score (nSPS) is 14.7. The molecule has 54 heavy (non-hydrogen) atoms. The number of carbonyl (C=O) groups is 5. The molecule has 12 heteroatoms. The number of nitrogens with zero attached hydrogens (tertiary/aromatic N) is 4. The Kier molecular flexibility index (Phi) is 17.7. The van der Waals surface area contributed by atoms with Gasteiger partial charge < -0.3 is 35.2 Å². The van der Waals surface area contributed by atoms with Crippen LogP contribution in [0.5, 0.6) is 0 Å². The Morgan fingerprint density at radius 3 is 1.59 bits per heavy atom. The molecule has 0 bridgehead atoms. The molecule has 0 aliphatic heterocycles. The van der Waals surface area contributed by atoms with E-state index in [2.05, 4.69) is 29.5 Å². The largest absolute Gasteiger partial charge is 0.361 e. The van der Waals surface area contributed by atoms with E-state index in [0.29, 0.717) is 25.8 Å². The second kappa shape index (κ2) is 20.7. The summed E-state index contributed by atoms with van der Waals surface area (Å²) in [7, 11) is 8.25. The average molecular weight is 754 g/mol. The van der Waals surface area contributed by atoms with Crippen molar-refractivity contribution in [3.63, 3.8) is 0 Å². The van der Waals surface area contributed by atoms with Crippen LogP contribution in [0, 0.1) is 29.6 Å². The van der Waals surface area contributed by atoms with Gasteiger partial charge in [0.15, 0.2) is 0 Å². The Labute approximate surface area is 325 Å². The van der Waals surface area contributed by atoms with Gasteiger partial charge in [-0.05, 0) is 67.5 Å². The Balaban J connectivity index is 2.32. The van der Waals surface area contributed by atoms with E-state index in [1.54, 1.807) is 35.2 Å². The SMILES string of the molecule is CN[C@H](CC(C)C)C(=O)N(C)[C@H](CC(C)C)C(=O)N(C)[C@@H](C(=O)N(C)[C@@H](C(=O)N(C)[C@@H](C(=O)NCCc1c[nH]c2ccccc12)C(C)C)C(C)C)C(C)C. The van der Waals surface area contributed by atoms with Gasteiger partial charge in [-0.25, -0.2) is 0 Å². The van der Waals surface area contributed by atoms with Gasteiger partial charge in [0.2, 0.25) is 29.5 Å². The molecule has 1 aromatic heterocycles. The molecule has 0 saturated carbocycles. The molecular weight excluding hydrogens is 683 g/mol. The van der Waals surface area contributed by atoms with E-state index in [4.69, 9.17) is 0 Å². The summed E-state index contributed by atoms with van der Waals surface area (Å²) >= 11 is 0. The van der Waals surface area contributed by atoms with Crippen LogP contribution >= 0.6 is 0 Å². The van der Waals surface area contributed by atoms with Gasteiger partial charge in [0.1, 0.15) is 24.2 Å². The smallest absolute Gasteiger partial charge is 0.246 e. The summed E-state index contributed by atoms with van der Waals surface area (Å²) in [6, 6.07) is 4.24. The number of nitrogens with one attached hydrogen (secondary N) is 3. The van der Waals surface area contributed by atoms with Crippen LogP contribution < -0.4 is 10.6 Å². The molecule has 2 rings (SSSR count). The third-order valence-corrected chi connectivity index (χ3v) is 10.5. The molecule has 1 heterocycles. The van der Waals surface area contributed by atoms with Crippen molar-refractivity contribution in [3.05, 3.63) is 36.0 Å². The fourth-order valence-corrected chi connectivity index (χ4v) is 7.63. The summed E-state index contributed by atoms with van der Waals surface area (Å²) in [5, 5.41) is 7.26. The molecule has 1 aromatic carbocycles. The van der Waals surface area contributed by atoms with Gasteiger partial charge in [-0.15, -0.1) is 0 Å². The number of aromatic nitrogens is 1. The predicted octanol–water partition coefficient (Wildman–Crippen LogP) is 4.78. The van der Waals surface area contributed by atoms with Crippen LogP contribution in [0.1, 0.15) is 87.6 Å². The minimum Gasteiger partial charge on any atom is -0.361 e. The van der Waals surface area contributed by atoms with Crippen LogP contribution in [-0.4, -0.2) is 126 Å². The van der Waals surface area contributed by atoms with Crippen molar-refractivity contribution < 1.29 is 24.0 Å². The highest BCUT2D eigenvalue weighted by atomic mass is 16.2. The van der Waals surface area contributed by atoms with Gasteiger partial charge in [-0.2, -0.15) is 0 Å². The highest BCUT2D eigenvalue weighted by Crippen LogP contribution is 2.24. The monoisotopic (exact) mass is 754 g/mol. The van der Waals surface area contributed by atoms with Gasteiger partial charge in [0.25, 0.3) is 0 Å². The van der Waals surface area contributed by atoms with Crippen molar-refractivity contribution in [2.24, 2.45) is 29.6 Å². The van der Waals surface area contributed by atoms with Crippen molar-refractivity contribution in [2.45, 2.75) is 119 Å². The summed E-state index contributed by atoms with van der Waals surface area (Å²) in [5.41, 5.74) is 2.14. The Bertz CT molecular complexity index is 1550. The number of aromatic amines is 1. The van der Waals surface area contributed by atoms with Gasteiger partial charge in [-0.1, -0.05) is 87.4 Å². The molecule has 0 unspecified atom stereocenters. The minimum atomic E-state index is -0.899. The number of hydrogen-bond acceptors (Lipinski definition) is 6. The van der Waals surface area contributed by atoms with E-state index < -0.39 is 30.2 Å². The summed E-state index contributed by atoms with van der Waals surface area (Å²) in [6.45, 7) is 19.8. The number of hydrogen-bond donors (Lipinski definition) is 3. The van der Waals surface area contributed by atoms with E-state index >= 15 is 0 Å². The molecule has 304 valence electrons. The lowest BCUT2D eigenvalue weighted by atomic mass is 9.94. The number of fused-ring (bicyclic) bond motifs is 1. The summed E-state index contributed by atoms with van der Waals surface area (Å²) < 4.78 is 0. The number of rotatable bonds is 20. The number of para-hydroxylation sites is 1. The van der Waals surface area contributed by atoms with Crippen molar-refractivity contribution in [1.29, 1.82) is 0 Å². The minimum absolute atomic E-state index is 0.106. The van der Waals surface area contributed by atoms with Crippen LogP contribution in [0.3, 0.4) is 0 Å². The van der Waals surface area contributed by atoms with E-state index in [0.717, 1.165) is 16.5 Å². The number of carbonyl (C=O) groups excluding carboxylic acids is 5. The first-order valence-corrected chi connectivity index (χ1v) is 19.7. The van der Waals surface area contributed by atoms with Crippen LogP contribution in [0.2, 0.25) is 0 Å². The fourth-order valence-electron chi connectivity index (χ4n) is 7.63. The molecule has 5 atom stereocenters. The van der Waals surface area contributed by atoms with Crippen LogP contribution in [0.25, 0.3) is 10.9 Å². The highest BCUT2D eigenvalue weighted by molar-refractivity contribution is 5.96. The van der Waals surface area contributed by atoms with E-state index in [-0.39, 0.29) is 59.1 Å². The maximum absolute atomic E-state index is 14.5. The van der Waals surface area contributed by atoms with Crippen molar-refractivity contribution >= 4 is 40.4 Å². The second-order valence-corrected chi connectivity index (χ2v) is 16.9. The van der Waals surface area contributed by atoms with Crippen LogP contribution in [-0.2, 0) is 30.4 Å². The molecule has 0 spiro atoms. The van der Waals surface area contributed by atoms with E-state index in [9.17, 15) is 24.0 Å². The topological polar surface area (TPSA) is 138 Å². The predicted molar refractivity (Wildman–Crippen MR) is 218 cm³/mol. The molecule has 2 aromatic rings. The van der Waals surface area contributed by atoms with Gasteiger partial charge in [0.05, 0.1) is 6.04 Å². The first kappa shape index (κ1) is 46.2. The summed E-state index contributed by atoms with van der Waals surface area (Å²) in [6.07, 6.45) is 3.64. The first-order valence-electron chi connectivity index (χ1n) is 19.7. The number of benzene rings is 1. The second-order valence-electron chi connectivity index (χ2n) is 16.9. The van der Waals surface area contributed by atoms with Gasteiger partial charge >= 0.3 is 0 Å². The maximum atomic E-state index is 14.5. The Morgan fingerprint density at radius 2 is 1.11 bits per heavy atom. The lowest BCUT2D eigenvalue weighted by Gasteiger charge is -2.41. The zero-order chi connectivity index (χ0) is 41.2. The molecular formula is C42H71N7O5. The first-order chi connectivity index (χ1) is 25.2. The van der Waals surface area contributed by atoms with Crippen LogP contribution in [0.4, 0.5) is 0 Å². The molecule has 0 fully saturated rings. The standard InChI is InChI=1S/C42H71N7O5/c1-25(2)22-33(43-11)39(51)46(12)34(23-26(3)4)40(52)48(14)36(28(7)8)42(54)49(15)37(29(9)10)41(53)47(13)35(27(5)6)38(50)44-21-20-30-24-45-32-19-17-16-18-31(30)32/h16-19,24-29,33-37,43,45H,20-23H2,1-15H3,(H,44,50)/t33-,34-,35-,36-,37-/m1/s1. The third-order valence-electron chi connectivity index (χ3n) is 10.5.